The number of aromatic nitrogens is 2. The normalized spacial score (nSPS) is 9.12. The van der Waals surface area contributed by atoms with Gasteiger partial charge in [-0.3, -0.25) is 0 Å². The van der Waals surface area contributed by atoms with Crippen molar-refractivity contribution in [3.63, 3.8) is 0 Å². The molecular formula is C5H5N2S. The summed E-state index contributed by atoms with van der Waals surface area (Å²) in [4.78, 5) is 0. The molecule has 1 aromatic rings. The van der Waals surface area contributed by atoms with Crippen molar-refractivity contribution >= 4 is 17.7 Å². The van der Waals surface area contributed by atoms with Gasteiger partial charge in [0.1, 0.15) is 0 Å². The van der Waals surface area contributed by atoms with Gasteiger partial charge in [0.05, 0.1) is 6.20 Å². The number of aryl methyl sites for hydroxylation is 1. The van der Waals surface area contributed by atoms with E-state index in [0.717, 1.165) is 5.56 Å². The van der Waals surface area contributed by atoms with Crippen LogP contribution in [0.4, 0.5) is 0 Å². The molecule has 0 aliphatic carbocycles. The lowest BCUT2D eigenvalue weighted by molar-refractivity contribution is 0.970. The SMILES string of the molecule is Cc1cnn([C]=S)c1. The quantitative estimate of drug-likeness (QED) is 0.518. The Labute approximate surface area is 53.1 Å². The first kappa shape index (κ1) is 5.44. The van der Waals surface area contributed by atoms with Crippen molar-refractivity contribution in [3.8, 4) is 0 Å². The zero-order valence-electron chi connectivity index (χ0n) is 4.46. The molecule has 1 radical (unpaired) electrons. The maximum absolute atomic E-state index is 4.48. The number of thiocarbonyl (C=S) groups is 1. The lowest BCUT2D eigenvalue weighted by Gasteiger charge is -1.78. The number of hydrogen-bond donors (Lipinski definition) is 0. The third-order valence-electron chi connectivity index (χ3n) is 0.805. The van der Waals surface area contributed by atoms with Crippen LogP contribution in [0.3, 0.4) is 0 Å². The van der Waals surface area contributed by atoms with Gasteiger partial charge in [0.2, 0.25) is 0 Å². The third kappa shape index (κ3) is 0.924. The van der Waals surface area contributed by atoms with E-state index in [4.69, 9.17) is 0 Å². The lowest BCUT2D eigenvalue weighted by atomic mass is 10.4. The highest BCUT2D eigenvalue weighted by atomic mass is 32.1. The molecule has 1 rings (SSSR count). The van der Waals surface area contributed by atoms with Crippen molar-refractivity contribution in [2.24, 2.45) is 0 Å². The lowest BCUT2D eigenvalue weighted by Crippen LogP contribution is -1.90. The van der Waals surface area contributed by atoms with Crippen LogP contribution in [0.25, 0.3) is 0 Å². The molecule has 0 atom stereocenters. The largest absolute Gasteiger partial charge is 0.227 e. The zero-order chi connectivity index (χ0) is 5.98. The third-order valence-corrected chi connectivity index (χ3v) is 0.992. The Balaban J connectivity index is 3.00. The summed E-state index contributed by atoms with van der Waals surface area (Å²) in [7, 11) is 0. The predicted molar refractivity (Wildman–Crippen MR) is 35.0 cm³/mol. The summed E-state index contributed by atoms with van der Waals surface area (Å²) >= 11 is 4.48. The zero-order valence-corrected chi connectivity index (χ0v) is 5.27. The van der Waals surface area contributed by atoms with Crippen molar-refractivity contribution in [1.82, 2.24) is 9.78 Å². The second-order valence-electron chi connectivity index (χ2n) is 1.55. The first-order valence-corrected chi connectivity index (χ1v) is 2.63. The van der Waals surface area contributed by atoms with Gasteiger partial charge in [0, 0.05) is 6.20 Å². The Morgan fingerprint density at radius 1 is 1.88 bits per heavy atom. The van der Waals surface area contributed by atoms with Crippen molar-refractivity contribution in [2.75, 3.05) is 0 Å². The number of hydrogen-bond acceptors (Lipinski definition) is 2. The van der Waals surface area contributed by atoms with E-state index >= 15 is 0 Å². The molecule has 1 aromatic heterocycles. The molecule has 3 heteroatoms. The Bertz CT molecular complexity index is 192. The fourth-order valence-corrected chi connectivity index (χ4v) is 0.563. The van der Waals surface area contributed by atoms with Crippen LogP contribution in [-0.4, -0.2) is 15.3 Å². The van der Waals surface area contributed by atoms with Crippen molar-refractivity contribution in [1.29, 1.82) is 0 Å². The highest BCUT2D eigenvalue weighted by Crippen LogP contribution is 1.89. The first-order valence-electron chi connectivity index (χ1n) is 2.22. The minimum absolute atomic E-state index is 1.10. The Kier molecular flexibility index (Phi) is 1.39. The van der Waals surface area contributed by atoms with Gasteiger partial charge in [-0.05, 0) is 12.5 Å². The van der Waals surface area contributed by atoms with Crippen LogP contribution in [0.5, 0.6) is 0 Å². The van der Waals surface area contributed by atoms with Gasteiger partial charge >= 0.3 is 0 Å². The second-order valence-corrected chi connectivity index (χ2v) is 1.74. The smallest absolute Gasteiger partial charge is 0.164 e. The number of nitrogens with zero attached hydrogens (tertiary/aromatic N) is 2. The van der Waals surface area contributed by atoms with Gasteiger partial charge in [0.15, 0.2) is 5.49 Å². The molecule has 1 heterocycles. The highest BCUT2D eigenvalue weighted by Gasteiger charge is 1.85. The monoisotopic (exact) mass is 125 g/mol. The molecule has 0 saturated heterocycles. The van der Waals surface area contributed by atoms with E-state index in [0.29, 0.717) is 0 Å². The van der Waals surface area contributed by atoms with Crippen LogP contribution in [-0.2, 0) is 0 Å². The van der Waals surface area contributed by atoms with E-state index < -0.39 is 0 Å². The minimum Gasteiger partial charge on any atom is -0.227 e. The summed E-state index contributed by atoms with van der Waals surface area (Å²) < 4.78 is 1.48. The van der Waals surface area contributed by atoms with Crippen molar-refractivity contribution < 1.29 is 0 Å². The highest BCUT2D eigenvalue weighted by molar-refractivity contribution is 7.78. The van der Waals surface area contributed by atoms with Crippen LogP contribution in [0.15, 0.2) is 12.4 Å². The Morgan fingerprint density at radius 3 is 2.88 bits per heavy atom. The molecule has 0 saturated carbocycles. The van der Waals surface area contributed by atoms with Crippen LogP contribution >= 0.6 is 12.2 Å². The van der Waals surface area contributed by atoms with E-state index in [1.807, 2.05) is 13.1 Å². The summed E-state index contributed by atoms with van der Waals surface area (Å²) in [5.74, 6) is 0. The molecule has 2 nitrogen and oxygen atoms in total. The maximum atomic E-state index is 4.48. The minimum atomic E-state index is 1.10. The van der Waals surface area contributed by atoms with Gasteiger partial charge in [-0.1, -0.05) is 12.2 Å². The maximum Gasteiger partial charge on any atom is 0.164 e. The van der Waals surface area contributed by atoms with Gasteiger partial charge in [-0.15, -0.1) is 0 Å². The molecule has 0 unspecified atom stereocenters. The summed E-state index contributed by atoms with van der Waals surface area (Å²) in [6.07, 6.45) is 3.55. The van der Waals surface area contributed by atoms with Crippen LogP contribution in [0.1, 0.15) is 5.56 Å². The molecule has 0 aliphatic rings. The summed E-state index contributed by atoms with van der Waals surface area (Å²) in [6, 6.07) is 0. The van der Waals surface area contributed by atoms with Gasteiger partial charge in [0.25, 0.3) is 0 Å². The molecule has 0 amide bonds. The van der Waals surface area contributed by atoms with Crippen LogP contribution < -0.4 is 0 Å². The number of rotatable bonds is 1. The summed E-state index contributed by atoms with van der Waals surface area (Å²) in [6.45, 7) is 1.95. The van der Waals surface area contributed by atoms with E-state index in [1.54, 1.807) is 6.20 Å². The predicted octanol–water partition coefficient (Wildman–Crippen LogP) is 0.874. The Morgan fingerprint density at radius 2 is 2.62 bits per heavy atom. The van der Waals surface area contributed by atoms with E-state index in [2.05, 4.69) is 22.8 Å². The fourth-order valence-electron chi connectivity index (χ4n) is 0.463. The van der Waals surface area contributed by atoms with E-state index in [-0.39, 0.29) is 0 Å². The molecular weight excluding hydrogens is 120 g/mol. The van der Waals surface area contributed by atoms with Crippen LogP contribution in [0, 0.1) is 6.92 Å². The van der Waals surface area contributed by atoms with Crippen molar-refractivity contribution in [3.05, 3.63) is 18.0 Å². The molecule has 41 valence electrons. The summed E-state index contributed by atoms with van der Waals surface area (Å²) in [5, 5.41) is 3.84. The summed E-state index contributed by atoms with van der Waals surface area (Å²) in [5.41, 5.74) is 3.54. The first-order chi connectivity index (χ1) is 3.83. The fraction of sp³-hybridized carbons (Fsp3) is 0.200. The van der Waals surface area contributed by atoms with E-state index in [1.165, 1.54) is 4.68 Å². The molecule has 0 aromatic carbocycles. The molecule has 0 bridgehead atoms. The molecule has 0 fully saturated rings. The average Bonchev–Trinajstić information content (AvgIpc) is 2.14. The van der Waals surface area contributed by atoms with Gasteiger partial charge in [-0.2, -0.15) is 5.10 Å². The van der Waals surface area contributed by atoms with Gasteiger partial charge < -0.3 is 0 Å². The average molecular weight is 125 g/mol. The molecule has 0 aliphatic heterocycles. The molecule has 8 heavy (non-hydrogen) atoms. The standard InChI is InChI=1S/C5H5N2S/c1-5-2-6-7(3-5)4-8/h2-3H,1H3. The van der Waals surface area contributed by atoms with E-state index in [9.17, 15) is 0 Å². The topological polar surface area (TPSA) is 17.8 Å². The molecule has 0 N–H and O–H groups in total. The Hall–Kier alpha value is -0.700. The second kappa shape index (κ2) is 2.05. The van der Waals surface area contributed by atoms with Crippen molar-refractivity contribution in [2.45, 2.75) is 6.92 Å². The van der Waals surface area contributed by atoms with Crippen LogP contribution in [0.2, 0.25) is 0 Å². The van der Waals surface area contributed by atoms with Gasteiger partial charge in [-0.25, -0.2) is 4.68 Å². The molecule has 0 spiro atoms.